The number of hydrogen-bond donors (Lipinski definition) is 2. The van der Waals surface area contributed by atoms with Crippen molar-refractivity contribution < 1.29 is 12.8 Å². The van der Waals surface area contributed by atoms with Crippen molar-refractivity contribution in [2.75, 3.05) is 29.0 Å². The van der Waals surface area contributed by atoms with Crippen LogP contribution in [0.1, 0.15) is 50.5 Å². The molecule has 1 aromatic carbocycles. The van der Waals surface area contributed by atoms with Crippen molar-refractivity contribution in [1.82, 2.24) is 9.97 Å². The summed E-state index contributed by atoms with van der Waals surface area (Å²) in [7, 11) is -1.51. The van der Waals surface area contributed by atoms with Crippen molar-refractivity contribution >= 4 is 21.7 Å². The van der Waals surface area contributed by atoms with Gasteiger partial charge in [0, 0.05) is 31.1 Å². The molecular weight excluding hydrogens is 450 g/mol. The Bertz CT molecular complexity index is 1230. The minimum Gasteiger partial charge on any atom is -0.441 e. The molecule has 0 amide bonds. The average Bonchev–Trinajstić information content (AvgIpc) is 3.31. The van der Waals surface area contributed by atoms with Crippen LogP contribution in [0.5, 0.6) is 0 Å². The smallest absolute Gasteiger partial charge is 0.233 e. The number of rotatable bonds is 10. The van der Waals surface area contributed by atoms with E-state index in [0.717, 1.165) is 12.1 Å². The minimum atomic E-state index is -3.48. The van der Waals surface area contributed by atoms with Gasteiger partial charge in [-0.15, -0.1) is 0 Å². The van der Waals surface area contributed by atoms with Gasteiger partial charge < -0.3 is 15.1 Å². The third-order valence-corrected chi connectivity index (χ3v) is 7.85. The van der Waals surface area contributed by atoms with Crippen LogP contribution in [0.4, 0.5) is 11.6 Å². The number of pyridine rings is 1. The van der Waals surface area contributed by atoms with E-state index < -0.39 is 10.0 Å². The Kier molecular flexibility index (Phi) is 6.95. The summed E-state index contributed by atoms with van der Waals surface area (Å²) in [6.07, 6.45) is 2.89. The Morgan fingerprint density at radius 2 is 1.97 bits per heavy atom. The molecule has 0 spiro atoms. The van der Waals surface area contributed by atoms with Gasteiger partial charge in [0.15, 0.2) is 0 Å². The van der Waals surface area contributed by atoms with Crippen molar-refractivity contribution in [3.63, 3.8) is 0 Å². The summed E-state index contributed by atoms with van der Waals surface area (Å²) >= 11 is 0. The molecule has 0 saturated heterocycles. The van der Waals surface area contributed by atoms with E-state index in [0.29, 0.717) is 34.9 Å². The van der Waals surface area contributed by atoms with Gasteiger partial charge in [0.25, 0.3) is 0 Å². The molecule has 34 heavy (non-hydrogen) atoms. The normalized spacial score (nSPS) is 19.4. The number of aromatic nitrogens is 2. The number of nitrogens with one attached hydrogen (secondary N) is 1. The summed E-state index contributed by atoms with van der Waals surface area (Å²) in [6.45, 7) is 6.69. The highest BCUT2D eigenvalue weighted by Crippen LogP contribution is 2.39. The quantitative estimate of drug-likeness (QED) is 0.439. The number of hydrogen-bond acceptors (Lipinski definition) is 7. The molecule has 9 heteroatoms. The summed E-state index contributed by atoms with van der Waals surface area (Å²) in [5.74, 6) is 3.17. The van der Waals surface area contributed by atoms with Gasteiger partial charge in [-0.3, -0.25) is 4.72 Å². The number of oxazole rings is 1. The first kappa shape index (κ1) is 24.2. The molecule has 1 aliphatic carbocycles. The van der Waals surface area contributed by atoms with Crippen molar-refractivity contribution in [2.24, 2.45) is 17.6 Å². The monoisotopic (exact) mass is 483 g/mol. The van der Waals surface area contributed by atoms with Crippen molar-refractivity contribution in [1.29, 1.82) is 0 Å². The minimum absolute atomic E-state index is 0.0400. The van der Waals surface area contributed by atoms with Crippen LogP contribution in [0, 0.1) is 11.8 Å². The molecule has 3 N–H and O–H groups in total. The fraction of sp³-hybridized carbons (Fsp3) is 0.440. The van der Waals surface area contributed by atoms with Gasteiger partial charge >= 0.3 is 0 Å². The average molecular weight is 484 g/mol. The molecule has 1 fully saturated rings. The summed E-state index contributed by atoms with van der Waals surface area (Å²) < 4.78 is 33.1. The SMILES string of the molecule is CCS(=O)(=O)Nc1cc(-c2ncc(C(C)C(N)c3ccccc3)o2)cc(N(C)CC2CC2C)n1. The van der Waals surface area contributed by atoms with E-state index in [1.165, 1.54) is 6.42 Å². The first-order valence-corrected chi connectivity index (χ1v) is 13.3. The van der Waals surface area contributed by atoms with E-state index in [1.807, 2.05) is 50.4 Å². The molecule has 0 bridgehead atoms. The molecule has 1 aliphatic rings. The van der Waals surface area contributed by atoms with E-state index in [4.69, 9.17) is 10.2 Å². The second-order valence-corrected chi connectivity index (χ2v) is 11.3. The Balaban J connectivity index is 1.63. The van der Waals surface area contributed by atoms with Crippen LogP contribution in [0.15, 0.2) is 53.1 Å². The van der Waals surface area contributed by atoms with Crippen LogP contribution in [0.3, 0.4) is 0 Å². The van der Waals surface area contributed by atoms with Crippen LogP contribution < -0.4 is 15.4 Å². The first-order chi connectivity index (χ1) is 16.2. The van der Waals surface area contributed by atoms with E-state index in [2.05, 4.69) is 26.5 Å². The predicted octanol–water partition coefficient (Wildman–Crippen LogP) is 4.39. The van der Waals surface area contributed by atoms with Crippen LogP contribution in [-0.2, 0) is 10.0 Å². The lowest BCUT2D eigenvalue weighted by molar-refractivity contribution is 0.446. The number of nitrogens with zero attached hydrogens (tertiary/aromatic N) is 3. The molecule has 2 heterocycles. The van der Waals surface area contributed by atoms with Crippen LogP contribution in [0.2, 0.25) is 0 Å². The standard InChI is InChI=1S/C25H33N5O3S/c1-5-34(31,32)29-22-12-19(13-23(28-22)30(4)15-20-11-16(20)2)25-27-14-21(33-25)17(3)24(26)18-9-7-6-8-10-18/h6-10,12-14,16-17,20,24H,5,11,15,26H2,1-4H3,(H,28,29). The molecular formula is C25H33N5O3S. The van der Waals surface area contributed by atoms with Crippen LogP contribution in [-0.4, -0.2) is 37.7 Å². The molecule has 182 valence electrons. The highest BCUT2D eigenvalue weighted by Gasteiger charge is 2.33. The summed E-state index contributed by atoms with van der Waals surface area (Å²) in [6, 6.07) is 13.2. The van der Waals surface area contributed by atoms with Crippen molar-refractivity contribution in [2.45, 2.75) is 39.2 Å². The molecule has 4 rings (SSSR count). The molecule has 0 aliphatic heterocycles. The lowest BCUT2D eigenvalue weighted by Gasteiger charge is -2.20. The molecule has 1 saturated carbocycles. The van der Waals surface area contributed by atoms with Gasteiger partial charge in [0.2, 0.25) is 15.9 Å². The number of nitrogens with two attached hydrogens (primary N) is 1. The molecule has 3 aromatic rings. The van der Waals surface area contributed by atoms with Crippen molar-refractivity contribution in [3.05, 3.63) is 60.0 Å². The molecule has 2 aromatic heterocycles. The second-order valence-electron chi connectivity index (χ2n) is 9.25. The van der Waals surface area contributed by atoms with Gasteiger partial charge in [-0.05, 0) is 42.9 Å². The fourth-order valence-electron chi connectivity index (χ4n) is 3.99. The predicted molar refractivity (Wildman–Crippen MR) is 135 cm³/mol. The first-order valence-electron chi connectivity index (χ1n) is 11.7. The number of sulfonamides is 1. The second kappa shape index (κ2) is 9.76. The van der Waals surface area contributed by atoms with Gasteiger partial charge in [-0.25, -0.2) is 18.4 Å². The topological polar surface area (TPSA) is 114 Å². The Labute approximate surface area is 201 Å². The zero-order chi connectivity index (χ0) is 24.5. The third-order valence-electron chi connectivity index (χ3n) is 6.57. The highest BCUT2D eigenvalue weighted by atomic mass is 32.2. The molecule has 0 radical (unpaired) electrons. The summed E-state index contributed by atoms with van der Waals surface area (Å²) in [5, 5.41) is 0. The van der Waals surface area contributed by atoms with E-state index >= 15 is 0 Å². The lowest BCUT2D eigenvalue weighted by Crippen LogP contribution is -2.23. The van der Waals surface area contributed by atoms with Gasteiger partial charge in [0.1, 0.15) is 17.4 Å². The number of anilines is 2. The Morgan fingerprint density at radius 3 is 2.62 bits per heavy atom. The fourth-order valence-corrected chi connectivity index (χ4v) is 4.56. The van der Waals surface area contributed by atoms with Crippen LogP contribution >= 0.6 is 0 Å². The Morgan fingerprint density at radius 1 is 1.26 bits per heavy atom. The van der Waals surface area contributed by atoms with E-state index in [1.54, 1.807) is 19.2 Å². The van der Waals surface area contributed by atoms with E-state index in [-0.39, 0.29) is 23.5 Å². The maximum Gasteiger partial charge on any atom is 0.233 e. The van der Waals surface area contributed by atoms with Gasteiger partial charge in [-0.1, -0.05) is 44.2 Å². The summed E-state index contributed by atoms with van der Waals surface area (Å²) in [5.41, 5.74) is 8.15. The summed E-state index contributed by atoms with van der Waals surface area (Å²) in [4.78, 5) is 11.1. The number of benzene rings is 1. The lowest BCUT2D eigenvalue weighted by atomic mass is 9.94. The maximum atomic E-state index is 12.2. The largest absolute Gasteiger partial charge is 0.441 e. The zero-order valence-corrected chi connectivity index (χ0v) is 20.9. The van der Waals surface area contributed by atoms with Crippen LogP contribution in [0.25, 0.3) is 11.5 Å². The van der Waals surface area contributed by atoms with Gasteiger partial charge in [-0.2, -0.15) is 0 Å². The van der Waals surface area contributed by atoms with E-state index in [9.17, 15) is 8.42 Å². The molecule has 4 unspecified atom stereocenters. The highest BCUT2D eigenvalue weighted by molar-refractivity contribution is 7.92. The third kappa shape index (κ3) is 5.59. The van der Waals surface area contributed by atoms with Crippen molar-refractivity contribution in [3.8, 4) is 11.5 Å². The Hall–Kier alpha value is -2.91. The molecule has 4 atom stereocenters. The molecule has 8 nitrogen and oxygen atoms in total. The maximum absolute atomic E-state index is 12.2. The zero-order valence-electron chi connectivity index (χ0n) is 20.1. The van der Waals surface area contributed by atoms with Gasteiger partial charge in [0.05, 0.1) is 11.9 Å².